The van der Waals surface area contributed by atoms with E-state index < -0.39 is 12.1 Å². The van der Waals surface area contributed by atoms with Crippen molar-refractivity contribution in [3.8, 4) is 5.75 Å². The molecule has 2 aromatic carbocycles. The molecule has 24 heavy (non-hydrogen) atoms. The molecule has 0 saturated carbocycles. The summed E-state index contributed by atoms with van der Waals surface area (Å²) in [6, 6.07) is 10.4. The van der Waals surface area contributed by atoms with Gasteiger partial charge in [0.1, 0.15) is 5.75 Å². The number of carboxylic acid groups (broad SMARTS) is 1. The van der Waals surface area contributed by atoms with E-state index in [1.165, 1.54) is 29.4 Å². The Morgan fingerprint density at radius 3 is 2.21 bits per heavy atom. The molecule has 2 rings (SSSR count). The van der Waals surface area contributed by atoms with Gasteiger partial charge >= 0.3 is 27.2 Å². The topological polar surface area (TPSA) is 46.5 Å². The summed E-state index contributed by atoms with van der Waals surface area (Å²) in [6.07, 6.45) is -0.336. The smallest absolute Gasteiger partial charge is 0.358 e. The van der Waals surface area contributed by atoms with Gasteiger partial charge in [-0.1, -0.05) is 24.6 Å². The number of carboxylic acids is 1. The minimum Gasteiger partial charge on any atom is -0.479 e. The summed E-state index contributed by atoms with van der Waals surface area (Å²) in [5.74, 6) is -0.288. The van der Waals surface area contributed by atoms with Crippen LogP contribution < -0.4 is 25.9 Å². The van der Waals surface area contributed by atoms with E-state index in [4.69, 9.17) is 9.84 Å². The lowest BCUT2D eigenvalue weighted by molar-refractivity contribution is -0.599. The Kier molecular flexibility index (Phi) is 6.27. The lowest BCUT2D eigenvalue weighted by Crippen LogP contribution is -3.62. The van der Waals surface area contributed by atoms with Gasteiger partial charge in [-0.25, -0.2) is 4.79 Å². The van der Waals surface area contributed by atoms with Gasteiger partial charge in [-0.15, -0.1) is 0 Å². The lowest BCUT2D eigenvalue weighted by atomic mass is 10.1. The molecule has 0 bridgehead atoms. The zero-order valence-electron chi connectivity index (χ0n) is 14.8. The molecule has 1 unspecified atom stereocenters. The summed E-state index contributed by atoms with van der Waals surface area (Å²) in [7, 11) is 0. The third-order valence-electron chi connectivity index (χ3n) is 3.83. The Labute approximate surface area is 154 Å². The van der Waals surface area contributed by atoms with Crippen LogP contribution in [0.5, 0.6) is 5.75 Å². The summed E-state index contributed by atoms with van der Waals surface area (Å²) >= 11 is -0.272. The van der Waals surface area contributed by atoms with Gasteiger partial charge in [0.2, 0.25) is 0 Å². The molecule has 0 radical (unpaired) electrons. The molecule has 0 fully saturated rings. The van der Waals surface area contributed by atoms with Gasteiger partial charge in [-0.05, 0) is 52.3 Å². The van der Waals surface area contributed by atoms with Crippen molar-refractivity contribution < 1.29 is 35.8 Å². The zero-order chi connectivity index (χ0) is 17.9. The van der Waals surface area contributed by atoms with Crippen LogP contribution in [0.2, 0.25) is 0 Å². The summed E-state index contributed by atoms with van der Waals surface area (Å²) in [5, 5.41) is 9.12. The fourth-order valence-electron chi connectivity index (χ4n) is 2.68. The third-order valence-corrected chi connectivity index (χ3v) is 7.86. The predicted octanol–water partition coefficient (Wildman–Crippen LogP) is 1.29. The Bertz CT molecular complexity index is 730. The Hall–Kier alpha value is -1.56. The highest BCUT2D eigenvalue weighted by atomic mass is 127. The number of hydrogen-bond donors (Lipinski definition) is 1. The van der Waals surface area contributed by atoms with Crippen LogP contribution in [0, 0.1) is 34.8 Å². The van der Waals surface area contributed by atoms with Gasteiger partial charge in [0.05, 0.1) is 0 Å². The molecule has 0 amide bonds. The molecule has 0 aliphatic heterocycles. The summed E-state index contributed by atoms with van der Waals surface area (Å²) in [4.78, 5) is 11.1. The highest BCUT2D eigenvalue weighted by Gasteiger charge is 2.24. The van der Waals surface area contributed by atoms with Crippen LogP contribution in [-0.2, 0) is 4.79 Å². The Morgan fingerprint density at radius 1 is 1.08 bits per heavy atom. The van der Waals surface area contributed by atoms with Crippen LogP contribution in [0.4, 0.5) is 0 Å². The van der Waals surface area contributed by atoms with Crippen molar-refractivity contribution in [2.75, 3.05) is 0 Å². The van der Waals surface area contributed by atoms with Crippen LogP contribution in [0.3, 0.4) is 0 Å². The molecule has 1 atom stereocenters. The molecule has 0 aliphatic carbocycles. The number of aryl methyl sites for hydroxylation is 4. The summed E-state index contributed by atoms with van der Waals surface area (Å²) < 4.78 is 8.40. The fourth-order valence-corrected chi connectivity index (χ4v) is 5.37. The SMILES string of the molecule is CCC(Oc1ccc([I+]c2c(C)cc(C)cc2C)c(C)c1)C(=O)O. The number of aliphatic carboxylic acids is 1. The third kappa shape index (κ3) is 4.50. The number of carbonyl (C=O) groups is 1. The minimum atomic E-state index is -0.919. The maximum absolute atomic E-state index is 11.1. The van der Waals surface area contributed by atoms with Crippen molar-refractivity contribution in [1.82, 2.24) is 0 Å². The standard InChI is InChI=1S/C20H23IO3/c1-6-18(20(22)23)24-16-7-8-17(13(3)11-16)21-19-14(4)9-12(2)10-15(19)5/h7-11,18H,6H2,1-5H3/p+1. The first kappa shape index (κ1) is 18.8. The minimum absolute atomic E-state index is 0.272. The van der Waals surface area contributed by atoms with Gasteiger partial charge < -0.3 is 9.84 Å². The number of halogens is 1. The van der Waals surface area contributed by atoms with Crippen LogP contribution in [0.15, 0.2) is 30.3 Å². The molecular formula is C20H24IO3+. The van der Waals surface area contributed by atoms with Crippen molar-refractivity contribution in [3.05, 3.63) is 59.7 Å². The second-order valence-electron chi connectivity index (χ2n) is 6.07. The van der Waals surface area contributed by atoms with Gasteiger partial charge in [-0.2, -0.15) is 0 Å². The molecule has 0 aromatic heterocycles. The van der Waals surface area contributed by atoms with Gasteiger partial charge in [-0.3, -0.25) is 0 Å². The highest BCUT2D eigenvalue weighted by Crippen LogP contribution is 2.16. The predicted molar refractivity (Wildman–Crippen MR) is 91.6 cm³/mol. The molecular weight excluding hydrogens is 415 g/mol. The molecule has 0 spiro atoms. The molecule has 0 heterocycles. The number of benzene rings is 2. The fraction of sp³-hybridized carbons (Fsp3) is 0.350. The van der Waals surface area contributed by atoms with Crippen molar-refractivity contribution >= 4 is 5.97 Å². The Balaban J connectivity index is 2.23. The van der Waals surface area contributed by atoms with Crippen molar-refractivity contribution in [1.29, 1.82) is 0 Å². The number of hydrogen-bond acceptors (Lipinski definition) is 2. The summed E-state index contributed by atoms with van der Waals surface area (Å²) in [6.45, 7) is 10.4. The monoisotopic (exact) mass is 439 g/mol. The van der Waals surface area contributed by atoms with E-state index in [9.17, 15) is 4.79 Å². The first-order valence-electron chi connectivity index (χ1n) is 8.04. The van der Waals surface area contributed by atoms with Crippen LogP contribution >= 0.6 is 0 Å². The molecule has 2 aromatic rings. The number of rotatable bonds is 6. The van der Waals surface area contributed by atoms with E-state index in [-0.39, 0.29) is 21.2 Å². The quantitative estimate of drug-likeness (QED) is 0.691. The molecule has 0 aliphatic rings. The van der Waals surface area contributed by atoms with Crippen molar-refractivity contribution in [3.63, 3.8) is 0 Å². The molecule has 4 heteroatoms. The molecule has 1 N–H and O–H groups in total. The van der Waals surface area contributed by atoms with Gasteiger partial charge in [0.15, 0.2) is 13.2 Å². The molecule has 3 nitrogen and oxygen atoms in total. The van der Waals surface area contributed by atoms with Crippen molar-refractivity contribution in [2.45, 2.75) is 47.1 Å². The van der Waals surface area contributed by atoms with Crippen LogP contribution in [-0.4, -0.2) is 17.2 Å². The maximum Gasteiger partial charge on any atom is 0.358 e. The normalized spacial score (nSPS) is 12.0. The summed E-state index contributed by atoms with van der Waals surface area (Å²) in [5.41, 5.74) is 5.19. The van der Waals surface area contributed by atoms with Gasteiger partial charge in [0.25, 0.3) is 0 Å². The van der Waals surface area contributed by atoms with E-state index in [0.29, 0.717) is 12.2 Å². The van der Waals surface area contributed by atoms with E-state index >= 15 is 0 Å². The lowest BCUT2D eigenvalue weighted by Gasteiger charge is -2.13. The second-order valence-corrected chi connectivity index (χ2v) is 8.85. The average molecular weight is 439 g/mol. The van der Waals surface area contributed by atoms with E-state index in [1.807, 2.05) is 19.1 Å². The zero-order valence-corrected chi connectivity index (χ0v) is 17.0. The number of ether oxygens (including phenoxy) is 1. The van der Waals surface area contributed by atoms with Crippen molar-refractivity contribution in [2.24, 2.45) is 0 Å². The van der Waals surface area contributed by atoms with Gasteiger partial charge in [0, 0.05) is 16.7 Å². The Morgan fingerprint density at radius 2 is 1.71 bits per heavy atom. The van der Waals surface area contributed by atoms with Crippen LogP contribution in [0.1, 0.15) is 35.6 Å². The molecule has 128 valence electrons. The van der Waals surface area contributed by atoms with E-state index in [2.05, 4.69) is 45.9 Å². The molecule has 0 saturated heterocycles. The first-order chi connectivity index (χ1) is 11.3. The van der Waals surface area contributed by atoms with E-state index in [1.54, 1.807) is 0 Å². The average Bonchev–Trinajstić information content (AvgIpc) is 2.49. The highest BCUT2D eigenvalue weighted by molar-refractivity contribution is 5.72. The largest absolute Gasteiger partial charge is 0.479 e. The van der Waals surface area contributed by atoms with Crippen LogP contribution in [0.25, 0.3) is 0 Å². The second kappa shape index (κ2) is 8.01. The first-order valence-corrected chi connectivity index (χ1v) is 10.2. The maximum atomic E-state index is 11.1. The van der Waals surface area contributed by atoms with E-state index in [0.717, 1.165) is 0 Å².